The summed E-state index contributed by atoms with van der Waals surface area (Å²) in [4.78, 5) is 0. The van der Waals surface area contributed by atoms with E-state index in [1.54, 1.807) is 0 Å². The van der Waals surface area contributed by atoms with Gasteiger partial charge in [0.1, 0.15) is 0 Å². The average molecular weight is 214 g/mol. The highest BCUT2D eigenvalue weighted by Crippen LogP contribution is 1.96. The first-order valence-corrected chi connectivity index (χ1v) is 4.75. The molecule has 0 aliphatic heterocycles. The smallest absolute Gasteiger partial charge is 0.300 e. The summed E-state index contributed by atoms with van der Waals surface area (Å²) in [5, 5.41) is 10.9. The van der Waals surface area contributed by atoms with Crippen molar-refractivity contribution in [3.8, 4) is 0 Å². The van der Waals surface area contributed by atoms with Crippen molar-refractivity contribution in [2.45, 2.75) is 12.5 Å². The van der Waals surface area contributed by atoms with E-state index in [1.165, 1.54) is 0 Å². The van der Waals surface area contributed by atoms with Gasteiger partial charge in [-0.1, -0.05) is 5.16 Å². The minimum Gasteiger partial charge on any atom is -0.408 e. The zero-order valence-corrected chi connectivity index (χ0v) is 7.87. The van der Waals surface area contributed by atoms with Crippen LogP contribution in [0.5, 0.6) is 0 Å². The predicted octanol–water partition coefficient (Wildman–Crippen LogP) is -1.04. The number of oxime groups is 1. The first kappa shape index (κ1) is 11.5. The SMILES string of the molecule is N[C@@H](CCS)C(=NO)O[SH](=O)=O. The molecule has 72 valence electrons. The van der Waals surface area contributed by atoms with Crippen LogP contribution in [0, 0.1) is 0 Å². The van der Waals surface area contributed by atoms with Crippen LogP contribution >= 0.6 is 12.6 Å². The predicted molar refractivity (Wildman–Crippen MR) is 47.1 cm³/mol. The second-order valence-electron chi connectivity index (χ2n) is 1.87. The summed E-state index contributed by atoms with van der Waals surface area (Å²) in [5.74, 6) is 0.0271. The summed E-state index contributed by atoms with van der Waals surface area (Å²) < 4.78 is 24.2. The van der Waals surface area contributed by atoms with Crippen LogP contribution in [-0.4, -0.2) is 31.3 Å². The van der Waals surface area contributed by atoms with Crippen LogP contribution in [0.2, 0.25) is 0 Å². The molecule has 0 aromatic heterocycles. The zero-order valence-electron chi connectivity index (χ0n) is 6.08. The van der Waals surface area contributed by atoms with Crippen LogP contribution in [0.4, 0.5) is 0 Å². The number of thiol groups is 2. The van der Waals surface area contributed by atoms with Gasteiger partial charge in [-0.15, -0.1) is 0 Å². The lowest BCUT2D eigenvalue weighted by atomic mass is 10.2. The molecule has 1 atom stereocenters. The molecular formula is C4H10N2O4S2. The summed E-state index contributed by atoms with van der Waals surface area (Å²) in [6.07, 6.45) is 0.367. The number of nitrogens with zero attached hydrogens (tertiary/aromatic N) is 1. The van der Waals surface area contributed by atoms with E-state index in [0.29, 0.717) is 12.2 Å². The first-order chi connectivity index (χ1) is 5.61. The van der Waals surface area contributed by atoms with E-state index in [0.717, 1.165) is 0 Å². The molecular weight excluding hydrogens is 204 g/mol. The molecule has 0 fully saturated rings. The van der Waals surface area contributed by atoms with Crippen molar-refractivity contribution in [2.75, 3.05) is 5.75 Å². The van der Waals surface area contributed by atoms with Gasteiger partial charge in [-0.3, -0.25) is 0 Å². The van der Waals surface area contributed by atoms with Gasteiger partial charge in [0.05, 0.1) is 6.04 Å². The lowest BCUT2D eigenvalue weighted by Gasteiger charge is -2.07. The zero-order chi connectivity index (χ0) is 9.56. The highest BCUT2D eigenvalue weighted by molar-refractivity contribution is 7.80. The minimum atomic E-state index is -3.08. The second kappa shape index (κ2) is 6.09. The Hall–Kier alpha value is -0.470. The molecule has 8 heteroatoms. The van der Waals surface area contributed by atoms with E-state index in [-0.39, 0.29) is 0 Å². The monoisotopic (exact) mass is 214 g/mol. The van der Waals surface area contributed by atoms with Crippen LogP contribution in [0.1, 0.15) is 6.42 Å². The normalized spacial score (nSPS) is 14.8. The van der Waals surface area contributed by atoms with Crippen molar-refractivity contribution in [1.82, 2.24) is 0 Å². The molecule has 0 amide bonds. The Labute approximate surface area is 77.0 Å². The van der Waals surface area contributed by atoms with Crippen LogP contribution in [-0.2, 0) is 15.2 Å². The Morgan fingerprint density at radius 3 is 2.67 bits per heavy atom. The van der Waals surface area contributed by atoms with Gasteiger partial charge in [-0.25, -0.2) is 0 Å². The molecule has 0 saturated heterocycles. The average Bonchev–Trinajstić information content (AvgIpc) is 2.00. The van der Waals surface area contributed by atoms with Gasteiger partial charge in [0.25, 0.3) is 5.90 Å². The molecule has 0 bridgehead atoms. The number of hydrogen-bond donors (Lipinski definition) is 4. The Balaban J connectivity index is 4.16. The van der Waals surface area contributed by atoms with Gasteiger partial charge in [-0.05, 0) is 12.2 Å². The van der Waals surface area contributed by atoms with Gasteiger partial charge < -0.3 is 15.1 Å². The fraction of sp³-hybridized carbons (Fsp3) is 0.750. The summed E-state index contributed by atoms with van der Waals surface area (Å²) in [5.41, 5.74) is 5.36. The van der Waals surface area contributed by atoms with Gasteiger partial charge in [-0.2, -0.15) is 21.0 Å². The Morgan fingerprint density at radius 1 is 1.75 bits per heavy atom. The summed E-state index contributed by atoms with van der Waals surface area (Å²) in [6.45, 7) is 0. The van der Waals surface area contributed by atoms with E-state index < -0.39 is 22.9 Å². The lowest BCUT2D eigenvalue weighted by molar-refractivity contribution is 0.300. The quantitative estimate of drug-likeness (QED) is 0.157. The van der Waals surface area contributed by atoms with Crippen molar-refractivity contribution in [1.29, 1.82) is 0 Å². The number of rotatable bonds is 4. The van der Waals surface area contributed by atoms with Crippen LogP contribution in [0.3, 0.4) is 0 Å². The molecule has 6 nitrogen and oxygen atoms in total. The third-order valence-electron chi connectivity index (χ3n) is 1.02. The lowest BCUT2D eigenvalue weighted by Crippen LogP contribution is -2.32. The molecule has 0 aliphatic rings. The molecule has 0 aliphatic carbocycles. The van der Waals surface area contributed by atoms with E-state index in [9.17, 15) is 8.42 Å². The largest absolute Gasteiger partial charge is 0.408 e. The summed E-state index contributed by atoms with van der Waals surface area (Å²) >= 11 is 3.86. The third-order valence-corrected chi connectivity index (χ3v) is 1.62. The van der Waals surface area contributed by atoms with Crippen molar-refractivity contribution in [3.05, 3.63) is 0 Å². The van der Waals surface area contributed by atoms with E-state index >= 15 is 0 Å². The van der Waals surface area contributed by atoms with Gasteiger partial charge in [0.2, 0.25) is 0 Å². The van der Waals surface area contributed by atoms with Crippen molar-refractivity contribution >= 4 is 29.5 Å². The molecule has 12 heavy (non-hydrogen) atoms. The van der Waals surface area contributed by atoms with E-state index in [4.69, 9.17) is 10.9 Å². The van der Waals surface area contributed by atoms with Crippen LogP contribution < -0.4 is 5.73 Å². The van der Waals surface area contributed by atoms with E-state index in [1.807, 2.05) is 0 Å². The maximum absolute atomic E-state index is 10.0. The molecule has 3 N–H and O–H groups in total. The molecule has 0 radical (unpaired) electrons. The second-order valence-corrected chi connectivity index (χ2v) is 2.95. The molecule has 0 aromatic rings. The summed E-state index contributed by atoms with van der Waals surface area (Å²) in [6, 6.07) is -0.750. The molecule has 0 rings (SSSR count). The van der Waals surface area contributed by atoms with Gasteiger partial charge in [0, 0.05) is 0 Å². The maximum atomic E-state index is 10.0. The first-order valence-electron chi connectivity index (χ1n) is 3.02. The van der Waals surface area contributed by atoms with Gasteiger partial charge >= 0.3 is 11.0 Å². The Kier molecular flexibility index (Phi) is 5.85. The minimum absolute atomic E-state index is 0.367. The molecule has 0 spiro atoms. The standard InChI is InChI=1S/C4H10N2O4S2/c5-3(1-2-11)4(6-7)10-12(8)9/h3,7,11-12H,1-2,5H2/t3-/m0/s1. The van der Waals surface area contributed by atoms with Crippen LogP contribution in [0.15, 0.2) is 5.16 Å². The third kappa shape index (κ3) is 4.42. The van der Waals surface area contributed by atoms with Crippen LogP contribution in [0.25, 0.3) is 0 Å². The molecule has 0 heterocycles. The fourth-order valence-corrected chi connectivity index (χ4v) is 1.10. The van der Waals surface area contributed by atoms with Crippen molar-refractivity contribution in [3.63, 3.8) is 0 Å². The molecule has 0 unspecified atom stereocenters. The molecule has 0 aromatic carbocycles. The fourth-order valence-electron chi connectivity index (χ4n) is 0.499. The van der Waals surface area contributed by atoms with Crippen molar-refractivity contribution in [2.24, 2.45) is 10.9 Å². The highest BCUT2D eigenvalue weighted by atomic mass is 32.2. The maximum Gasteiger partial charge on any atom is 0.300 e. The number of nitrogens with two attached hydrogens (primary N) is 1. The molecule has 0 saturated carbocycles. The van der Waals surface area contributed by atoms with E-state index in [2.05, 4.69) is 22.0 Å². The topological polar surface area (TPSA) is 102 Å². The van der Waals surface area contributed by atoms with Crippen molar-refractivity contribution < 1.29 is 17.8 Å². The summed E-state index contributed by atoms with van der Waals surface area (Å²) in [7, 11) is -3.08. The Bertz CT molecular complexity index is 219. The Morgan fingerprint density at radius 2 is 2.33 bits per heavy atom. The van der Waals surface area contributed by atoms with Gasteiger partial charge in [0.15, 0.2) is 0 Å². The number of hydrogen-bond acceptors (Lipinski definition) is 7. The highest BCUT2D eigenvalue weighted by Gasteiger charge is 2.13.